The first-order valence-electron chi connectivity index (χ1n) is 9.91. The van der Waals surface area contributed by atoms with E-state index in [0.29, 0.717) is 30.0 Å². The average molecular weight is 437 g/mol. The van der Waals surface area contributed by atoms with Crippen LogP contribution in [0.3, 0.4) is 0 Å². The number of esters is 1. The number of benzene rings is 1. The summed E-state index contributed by atoms with van der Waals surface area (Å²) >= 11 is 5.83. The molecule has 1 fully saturated rings. The van der Waals surface area contributed by atoms with Crippen molar-refractivity contribution in [3.8, 4) is 5.75 Å². The minimum absolute atomic E-state index is 0.0700. The normalized spacial score (nSPS) is 25.4. The van der Waals surface area contributed by atoms with E-state index in [-0.39, 0.29) is 18.4 Å². The van der Waals surface area contributed by atoms with Crippen molar-refractivity contribution in [2.24, 2.45) is 11.8 Å². The van der Waals surface area contributed by atoms with Gasteiger partial charge in [0.25, 0.3) is 0 Å². The van der Waals surface area contributed by atoms with Crippen LogP contribution in [-0.4, -0.2) is 53.3 Å². The summed E-state index contributed by atoms with van der Waals surface area (Å²) in [5.41, 5.74) is 0. The third-order valence-electron chi connectivity index (χ3n) is 5.01. The highest BCUT2D eigenvalue weighted by Crippen LogP contribution is 2.36. The van der Waals surface area contributed by atoms with Gasteiger partial charge in [-0.25, -0.2) is 4.79 Å². The van der Waals surface area contributed by atoms with Gasteiger partial charge in [0.05, 0.1) is 19.3 Å². The number of ether oxygens (including phenoxy) is 2. The van der Waals surface area contributed by atoms with Gasteiger partial charge in [-0.1, -0.05) is 42.0 Å². The minimum atomic E-state index is -0.842. The Bertz CT molecular complexity index is 743. The van der Waals surface area contributed by atoms with Crippen molar-refractivity contribution in [1.29, 1.82) is 0 Å². The number of methoxy groups -OCH3 is 1. The van der Waals surface area contributed by atoms with Crippen LogP contribution in [-0.2, 0) is 9.53 Å². The number of rotatable bonds is 10. The molecule has 3 N–H and O–H groups in total. The third kappa shape index (κ3) is 7.95. The Balaban J connectivity index is 1.84. The summed E-state index contributed by atoms with van der Waals surface area (Å²) in [5.74, 6) is -0.212. The first-order chi connectivity index (χ1) is 14.4. The molecular formula is C23H29ClO6. The zero-order valence-corrected chi connectivity index (χ0v) is 17.7. The predicted octanol–water partition coefficient (Wildman–Crippen LogP) is 3.06. The molecule has 164 valence electrons. The summed E-state index contributed by atoms with van der Waals surface area (Å²) in [6, 6.07) is 6.86. The van der Waals surface area contributed by atoms with Crippen LogP contribution < -0.4 is 4.74 Å². The van der Waals surface area contributed by atoms with Crippen LogP contribution in [0.25, 0.3) is 0 Å². The van der Waals surface area contributed by atoms with E-state index in [2.05, 4.69) is 4.74 Å². The summed E-state index contributed by atoms with van der Waals surface area (Å²) in [5, 5.41) is 31.3. The van der Waals surface area contributed by atoms with Crippen LogP contribution in [0, 0.1) is 11.8 Å². The van der Waals surface area contributed by atoms with Gasteiger partial charge in [-0.3, -0.25) is 0 Å². The zero-order chi connectivity index (χ0) is 21.9. The van der Waals surface area contributed by atoms with Crippen LogP contribution in [0.1, 0.15) is 19.3 Å². The van der Waals surface area contributed by atoms with E-state index < -0.39 is 24.3 Å². The lowest BCUT2D eigenvalue weighted by Gasteiger charge is -2.19. The van der Waals surface area contributed by atoms with Crippen LogP contribution >= 0.6 is 11.6 Å². The molecule has 1 aromatic carbocycles. The van der Waals surface area contributed by atoms with E-state index in [1.54, 1.807) is 42.5 Å². The lowest BCUT2D eigenvalue weighted by molar-refractivity contribution is -0.134. The molecule has 0 aliphatic heterocycles. The molecule has 0 saturated heterocycles. The summed E-state index contributed by atoms with van der Waals surface area (Å²) in [6.45, 7) is 0.0700. The van der Waals surface area contributed by atoms with E-state index in [9.17, 15) is 20.1 Å². The molecule has 0 aromatic heterocycles. The molecule has 0 radical (unpaired) electrons. The van der Waals surface area contributed by atoms with Crippen molar-refractivity contribution in [3.05, 3.63) is 65.7 Å². The third-order valence-corrected chi connectivity index (χ3v) is 5.26. The number of hydrogen-bond acceptors (Lipinski definition) is 6. The summed E-state index contributed by atoms with van der Waals surface area (Å²) in [7, 11) is 1.32. The Hall–Kier alpha value is -2.12. The highest BCUT2D eigenvalue weighted by atomic mass is 35.5. The van der Waals surface area contributed by atoms with Gasteiger partial charge < -0.3 is 24.8 Å². The quantitative estimate of drug-likeness (QED) is 0.296. The van der Waals surface area contributed by atoms with Gasteiger partial charge in [0.1, 0.15) is 18.5 Å². The molecule has 1 unspecified atom stereocenters. The molecule has 6 nitrogen and oxygen atoms in total. The maximum absolute atomic E-state index is 11.0. The fourth-order valence-electron chi connectivity index (χ4n) is 3.39. The Labute approximate surface area is 182 Å². The molecule has 30 heavy (non-hydrogen) atoms. The van der Waals surface area contributed by atoms with E-state index in [1.165, 1.54) is 13.2 Å². The number of halogens is 1. The minimum Gasteiger partial charge on any atom is -0.491 e. The first-order valence-corrected chi connectivity index (χ1v) is 10.3. The highest BCUT2D eigenvalue weighted by molar-refractivity contribution is 6.30. The van der Waals surface area contributed by atoms with E-state index in [0.717, 1.165) is 0 Å². The fraction of sp³-hybridized carbons (Fsp3) is 0.435. The highest BCUT2D eigenvalue weighted by Gasteiger charge is 2.39. The van der Waals surface area contributed by atoms with E-state index >= 15 is 0 Å². The standard InChI is InChI=1S/C23H29ClO6/c1-29-23(28)7-5-3-2-4-6-19-20(22(27)14-21(19)26)13-10-17(25)15-30-18-11-8-16(24)9-12-18/h2,4-5,7-13,17,19-22,25-27H,3,6,14-15H2,1H3/b4-2-,7-5+,13-10+/t17?,19-,20-,21+,22-/m1/s1. The Morgan fingerprint density at radius 2 is 1.93 bits per heavy atom. The van der Waals surface area contributed by atoms with Crippen LogP contribution in [0.5, 0.6) is 5.75 Å². The van der Waals surface area contributed by atoms with E-state index in [1.807, 2.05) is 12.2 Å². The molecule has 1 aromatic rings. The van der Waals surface area contributed by atoms with Gasteiger partial charge in [-0.05, 0) is 43.0 Å². The summed E-state index contributed by atoms with van der Waals surface area (Å²) in [6.07, 6.45) is 9.54. The largest absolute Gasteiger partial charge is 0.491 e. The molecule has 0 amide bonds. The number of aliphatic hydroxyl groups is 3. The maximum atomic E-state index is 11.0. The van der Waals surface area contributed by atoms with Crippen molar-refractivity contribution >= 4 is 17.6 Å². The number of allylic oxidation sites excluding steroid dienone is 3. The van der Waals surface area contributed by atoms with Gasteiger partial charge in [-0.15, -0.1) is 0 Å². The van der Waals surface area contributed by atoms with Crippen LogP contribution in [0.2, 0.25) is 5.02 Å². The predicted molar refractivity (Wildman–Crippen MR) is 115 cm³/mol. The second kappa shape index (κ2) is 12.5. The van der Waals surface area contributed by atoms with Crippen molar-refractivity contribution in [1.82, 2.24) is 0 Å². The fourth-order valence-corrected chi connectivity index (χ4v) is 3.52. The van der Waals surface area contributed by atoms with Gasteiger partial charge in [-0.2, -0.15) is 0 Å². The SMILES string of the molecule is COC(=O)/C=C/C/C=C\C[C@@H]1[C@@H](/C=C/C(O)COc2ccc(Cl)cc2)[C@H](O)C[C@@H]1O. The van der Waals surface area contributed by atoms with Crippen molar-refractivity contribution in [2.75, 3.05) is 13.7 Å². The molecule has 1 aliphatic carbocycles. The molecule has 1 saturated carbocycles. The smallest absolute Gasteiger partial charge is 0.330 e. The van der Waals surface area contributed by atoms with E-state index in [4.69, 9.17) is 16.3 Å². The Morgan fingerprint density at radius 1 is 1.20 bits per heavy atom. The molecule has 0 heterocycles. The molecule has 7 heteroatoms. The Morgan fingerprint density at radius 3 is 2.63 bits per heavy atom. The second-order valence-corrected chi connectivity index (χ2v) is 7.63. The molecule has 1 aliphatic rings. The zero-order valence-electron chi connectivity index (χ0n) is 16.9. The van der Waals surface area contributed by atoms with Crippen molar-refractivity contribution in [3.63, 3.8) is 0 Å². The average Bonchev–Trinajstić information content (AvgIpc) is 3.00. The molecule has 0 spiro atoms. The number of aliphatic hydroxyl groups excluding tert-OH is 3. The Kier molecular flexibility index (Phi) is 10.1. The topological polar surface area (TPSA) is 96.2 Å². The summed E-state index contributed by atoms with van der Waals surface area (Å²) in [4.78, 5) is 11.0. The number of carbonyl (C=O) groups is 1. The van der Waals surface area contributed by atoms with Crippen LogP contribution in [0.4, 0.5) is 0 Å². The second-order valence-electron chi connectivity index (χ2n) is 7.20. The van der Waals surface area contributed by atoms with Gasteiger partial charge >= 0.3 is 5.97 Å². The lowest BCUT2D eigenvalue weighted by Crippen LogP contribution is -2.21. The van der Waals surface area contributed by atoms with Crippen molar-refractivity contribution in [2.45, 2.75) is 37.6 Å². The number of carbonyl (C=O) groups excluding carboxylic acids is 1. The van der Waals surface area contributed by atoms with Gasteiger partial charge in [0.2, 0.25) is 0 Å². The summed E-state index contributed by atoms with van der Waals surface area (Å²) < 4.78 is 10.0. The number of hydrogen-bond donors (Lipinski definition) is 3. The first kappa shape index (κ1) is 24.2. The van der Waals surface area contributed by atoms with Gasteiger partial charge in [0, 0.05) is 23.4 Å². The molecular weight excluding hydrogens is 408 g/mol. The van der Waals surface area contributed by atoms with Crippen molar-refractivity contribution < 1.29 is 29.6 Å². The molecule has 0 bridgehead atoms. The van der Waals surface area contributed by atoms with Gasteiger partial charge in [0.15, 0.2) is 0 Å². The monoisotopic (exact) mass is 436 g/mol. The molecule has 2 rings (SSSR count). The molecule has 5 atom stereocenters. The van der Waals surface area contributed by atoms with Crippen LogP contribution in [0.15, 0.2) is 60.7 Å². The lowest BCUT2D eigenvalue weighted by atomic mass is 9.89. The maximum Gasteiger partial charge on any atom is 0.330 e.